The predicted octanol–water partition coefficient (Wildman–Crippen LogP) is 2.76. The zero-order valence-corrected chi connectivity index (χ0v) is 13.1. The number of esters is 1. The largest absolute Gasteiger partial charge is 0.464 e. The summed E-state index contributed by atoms with van der Waals surface area (Å²) in [5.41, 5.74) is -0.500. The van der Waals surface area contributed by atoms with E-state index in [1.807, 2.05) is 48.5 Å². The molecule has 1 unspecified atom stereocenters. The molecule has 0 saturated heterocycles. The first-order valence-electron chi connectivity index (χ1n) is 6.67. The lowest BCUT2D eigenvalue weighted by Crippen LogP contribution is -2.49. The van der Waals surface area contributed by atoms with Gasteiger partial charge in [-0.05, 0) is 12.8 Å². The minimum atomic E-state index is -0.563. The maximum atomic E-state index is 11.8. The van der Waals surface area contributed by atoms with Gasteiger partial charge in [0.05, 0.1) is 6.61 Å². The standard InChI is InChI=1S/C12H23NO3.C2H6/c1-7-16-10(14)9(8(2)3)13-11(15)12(4,5)6;1-2/h8-9H,7H2,1-6H3,(H,13,15);1-2H3. The Bertz CT molecular complexity index is 254. The molecule has 1 amide bonds. The highest BCUT2D eigenvalue weighted by Gasteiger charge is 2.30. The second-order valence-corrected chi connectivity index (χ2v) is 5.20. The van der Waals surface area contributed by atoms with E-state index >= 15 is 0 Å². The summed E-state index contributed by atoms with van der Waals surface area (Å²) in [7, 11) is 0. The average Bonchev–Trinajstić information content (AvgIpc) is 2.26. The molecule has 0 aromatic rings. The molecule has 1 N–H and O–H groups in total. The van der Waals surface area contributed by atoms with Crippen LogP contribution in [-0.2, 0) is 14.3 Å². The van der Waals surface area contributed by atoms with Crippen LogP contribution in [0.2, 0.25) is 0 Å². The molecule has 1 atom stereocenters. The average molecular weight is 259 g/mol. The Labute approximate surface area is 111 Å². The number of nitrogens with one attached hydrogen (secondary N) is 1. The first kappa shape index (κ1) is 19.3. The van der Waals surface area contributed by atoms with Gasteiger partial charge in [-0.1, -0.05) is 48.5 Å². The van der Waals surface area contributed by atoms with E-state index < -0.39 is 11.5 Å². The van der Waals surface area contributed by atoms with Crippen LogP contribution in [-0.4, -0.2) is 24.5 Å². The van der Waals surface area contributed by atoms with Crippen LogP contribution in [0.1, 0.15) is 55.4 Å². The van der Waals surface area contributed by atoms with Crippen LogP contribution >= 0.6 is 0 Å². The molecule has 0 radical (unpaired) electrons. The Morgan fingerprint density at radius 3 is 1.89 bits per heavy atom. The van der Waals surface area contributed by atoms with E-state index in [0.717, 1.165) is 0 Å². The Balaban J connectivity index is 0. The molecular formula is C14H29NO3. The lowest BCUT2D eigenvalue weighted by Gasteiger charge is -2.25. The molecule has 18 heavy (non-hydrogen) atoms. The fourth-order valence-corrected chi connectivity index (χ4v) is 1.09. The van der Waals surface area contributed by atoms with Crippen LogP contribution in [0.15, 0.2) is 0 Å². The third-order valence-corrected chi connectivity index (χ3v) is 2.17. The highest BCUT2D eigenvalue weighted by atomic mass is 16.5. The minimum Gasteiger partial charge on any atom is -0.464 e. The summed E-state index contributed by atoms with van der Waals surface area (Å²) in [5.74, 6) is -0.486. The molecule has 108 valence electrons. The molecule has 0 aliphatic rings. The highest BCUT2D eigenvalue weighted by molar-refractivity contribution is 5.87. The Morgan fingerprint density at radius 1 is 1.17 bits per heavy atom. The van der Waals surface area contributed by atoms with Crippen molar-refractivity contribution in [2.45, 2.75) is 61.4 Å². The van der Waals surface area contributed by atoms with Gasteiger partial charge >= 0.3 is 5.97 Å². The lowest BCUT2D eigenvalue weighted by molar-refractivity contribution is -0.149. The fourth-order valence-electron chi connectivity index (χ4n) is 1.09. The number of carbonyl (C=O) groups is 2. The Hall–Kier alpha value is -1.06. The minimum absolute atomic E-state index is 0.0188. The second kappa shape index (κ2) is 8.95. The maximum absolute atomic E-state index is 11.8. The number of amides is 1. The summed E-state index contributed by atoms with van der Waals surface area (Å²) in [4.78, 5) is 23.4. The Kier molecular flexibility index (Phi) is 9.59. The van der Waals surface area contributed by atoms with Crippen LogP contribution in [0.5, 0.6) is 0 Å². The van der Waals surface area contributed by atoms with Gasteiger partial charge < -0.3 is 10.1 Å². The number of rotatable bonds is 4. The van der Waals surface area contributed by atoms with E-state index in [4.69, 9.17) is 4.74 Å². The van der Waals surface area contributed by atoms with E-state index in [1.54, 1.807) is 6.92 Å². The summed E-state index contributed by atoms with van der Waals surface area (Å²) >= 11 is 0. The second-order valence-electron chi connectivity index (χ2n) is 5.20. The van der Waals surface area contributed by atoms with E-state index in [2.05, 4.69) is 5.32 Å². The summed E-state index contributed by atoms with van der Waals surface area (Å²) in [6, 6.07) is -0.563. The van der Waals surface area contributed by atoms with Crippen molar-refractivity contribution in [2.75, 3.05) is 6.61 Å². The van der Waals surface area contributed by atoms with Gasteiger partial charge in [0, 0.05) is 5.41 Å². The van der Waals surface area contributed by atoms with E-state index in [9.17, 15) is 9.59 Å². The van der Waals surface area contributed by atoms with Gasteiger partial charge in [-0.3, -0.25) is 4.79 Å². The summed E-state index contributed by atoms with van der Waals surface area (Å²) in [6.45, 7) is 15.3. The molecule has 0 aliphatic heterocycles. The molecule has 0 aliphatic carbocycles. The van der Waals surface area contributed by atoms with Crippen LogP contribution < -0.4 is 5.32 Å². The first-order chi connectivity index (χ1) is 8.20. The summed E-state index contributed by atoms with van der Waals surface area (Å²) in [6.07, 6.45) is 0. The van der Waals surface area contributed by atoms with Crippen molar-refractivity contribution in [2.24, 2.45) is 11.3 Å². The van der Waals surface area contributed by atoms with Crippen LogP contribution in [0.3, 0.4) is 0 Å². The first-order valence-corrected chi connectivity index (χ1v) is 6.67. The van der Waals surface area contributed by atoms with Crippen LogP contribution in [0.4, 0.5) is 0 Å². The number of hydrogen-bond donors (Lipinski definition) is 1. The van der Waals surface area contributed by atoms with Gasteiger partial charge in [-0.25, -0.2) is 4.79 Å². The van der Waals surface area contributed by atoms with Crippen LogP contribution in [0.25, 0.3) is 0 Å². The van der Waals surface area contributed by atoms with Crippen molar-refractivity contribution in [3.63, 3.8) is 0 Å². The smallest absolute Gasteiger partial charge is 0.328 e. The third kappa shape index (κ3) is 7.30. The van der Waals surface area contributed by atoms with Crippen molar-refractivity contribution in [1.82, 2.24) is 5.32 Å². The molecule has 0 rings (SSSR count). The normalized spacial score (nSPS) is 12.3. The van der Waals surface area contributed by atoms with E-state index in [0.29, 0.717) is 6.61 Å². The number of carbonyl (C=O) groups excluding carboxylic acids is 2. The van der Waals surface area contributed by atoms with Gasteiger partial charge in [0.2, 0.25) is 5.91 Å². The molecule has 0 bridgehead atoms. The van der Waals surface area contributed by atoms with Crippen molar-refractivity contribution in [3.05, 3.63) is 0 Å². The molecule has 4 heteroatoms. The third-order valence-electron chi connectivity index (χ3n) is 2.17. The predicted molar refractivity (Wildman–Crippen MR) is 74.2 cm³/mol. The zero-order valence-electron chi connectivity index (χ0n) is 13.1. The monoisotopic (exact) mass is 259 g/mol. The zero-order chi connectivity index (χ0) is 14.9. The van der Waals surface area contributed by atoms with Crippen molar-refractivity contribution in [3.8, 4) is 0 Å². The highest BCUT2D eigenvalue weighted by Crippen LogP contribution is 2.14. The molecule has 0 aromatic heterocycles. The molecule has 0 spiro atoms. The molecule has 4 nitrogen and oxygen atoms in total. The molecule has 0 saturated carbocycles. The van der Waals surface area contributed by atoms with Gasteiger partial charge in [0.1, 0.15) is 6.04 Å². The van der Waals surface area contributed by atoms with Gasteiger partial charge in [0.15, 0.2) is 0 Å². The van der Waals surface area contributed by atoms with Gasteiger partial charge in [-0.15, -0.1) is 0 Å². The number of ether oxygens (including phenoxy) is 1. The van der Waals surface area contributed by atoms with Crippen molar-refractivity contribution in [1.29, 1.82) is 0 Å². The molecule has 0 fully saturated rings. The lowest BCUT2D eigenvalue weighted by atomic mass is 9.94. The van der Waals surface area contributed by atoms with E-state index in [1.165, 1.54) is 0 Å². The topological polar surface area (TPSA) is 55.4 Å². The van der Waals surface area contributed by atoms with Gasteiger partial charge in [0.25, 0.3) is 0 Å². The summed E-state index contributed by atoms with van der Waals surface area (Å²) < 4.78 is 4.93. The molecule has 0 heterocycles. The van der Waals surface area contributed by atoms with Crippen molar-refractivity contribution < 1.29 is 14.3 Å². The SMILES string of the molecule is CC.CCOC(=O)C(NC(=O)C(C)(C)C)C(C)C. The maximum Gasteiger partial charge on any atom is 0.328 e. The van der Waals surface area contributed by atoms with Gasteiger partial charge in [-0.2, -0.15) is 0 Å². The van der Waals surface area contributed by atoms with Crippen LogP contribution in [0, 0.1) is 11.3 Å². The molecule has 0 aromatic carbocycles. The summed E-state index contributed by atoms with van der Waals surface area (Å²) in [5, 5.41) is 2.73. The number of hydrogen-bond acceptors (Lipinski definition) is 3. The quantitative estimate of drug-likeness (QED) is 0.790. The fraction of sp³-hybridized carbons (Fsp3) is 0.857. The van der Waals surface area contributed by atoms with Crippen molar-refractivity contribution >= 4 is 11.9 Å². The molecular weight excluding hydrogens is 230 g/mol. The Morgan fingerprint density at radius 2 is 1.61 bits per heavy atom. The van der Waals surface area contributed by atoms with E-state index in [-0.39, 0.29) is 17.8 Å².